The highest BCUT2D eigenvalue weighted by atomic mass is 32.1. The summed E-state index contributed by atoms with van der Waals surface area (Å²) in [5.41, 5.74) is 4.87. The number of carbonyl (C=O) groups excluding carboxylic acids is 1. The first-order valence-corrected chi connectivity index (χ1v) is 11.6. The molecule has 0 unspecified atom stereocenters. The molecule has 1 fully saturated rings. The van der Waals surface area contributed by atoms with Crippen LogP contribution < -0.4 is 14.4 Å². The second kappa shape index (κ2) is 7.88. The van der Waals surface area contributed by atoms with Gasteiger partial charge in [-0.15, -0.1) is 0 Å². The molecule has 2 aliphatic heterocycles. The van der Waals surface area contributed by atoms with Gasteiger partial charge in [-0.2, -0.15) is 0 Å². The van der Waals surface area contributed by atoms with E-state index in [4.69, 9.17) is 21.7 Å². The van der Waals surface area contributed by atoms with Gasteiger partial charge in [0.1, 0.15) is 12.1 Å². The molecule has 6 rings (SSSR count). The van der Waals surface area contributed by atoms with Gasteiger partial charge in [-0.05, 0) is 42.0 Å². The number of para-hydroxylation sites is 3. The van der Waals surface area contributed by atoms with Gasteiger partial charge < -0.3 is 19.4 Å². The summed E-state index contributed by atoms with van der Waals surface area (Å²) in [6.45, 7) is 0. The molecule has 3 aromatic carbocycles. The van der Waals surface area contributed by atoms with Crippen LogP contribution in [0.15, 0.2) is 72.8 Å². The van der Waals surface area contributed by atoms with E-state index in [-0.39, 0.29) is 11.9 Å². The number of ether oxygens (including phenoxy) is 2. The number of H-pyrrole nitrogens is 1. The molecule has 0 spiro atoms. The van der Waals surface area contributed by atoms with Crippen molar-refractivity contribution < 1.29 is 14.3 Å². The number of hydrogen-bond donors (Lipinski definition) is 1. The van der Waals surface area contributed by atoms with Crippen molar-refractivity contribution in [2.24, 2.45) is 0 Å². The number of fused-ring (bicyclic) bond motifs is 4. The van der Waals surface area contributed by atoms with Crippen molar-refractivity contribution in [2.75, 3.05) is 19.1 Å². The molecular formula is C27H23N3O3S. The molecule has 2 aliphatic rings. The van der Waals surface area contributed by atoms with Crippen molar-refractivity contribution in [2.45, 2.75) is 18.5 Å². The maximum absolute atomic E-state index is 13.8. The maximum atomic E-state index is 13.8. The zero-order chi connectivity index (χ0) is 23.4. The number of benzene rings is 3. The summed E-state index contributed by atoms with van der Waals surface area (Å²) in [6, 6.07) is 22.9. The number of nitrogens with one attached hydrogen (secondary N) is 1. The smallest absolute Gasteiger partial charge is 0.256 e. The van der Waals surface area contributed by atoms with Crippen LogP contribution in [-0.4, -0.2) is 41.2 Å². The monoisotopic (exact) mass is 469 g/mol. The summed E-state index contributed by atoms with van der Waals surface area (Å²) >= 11 is 5.97. The van der Waals surface area contributed by atoms with Crippen LogP contribution in [0.5, 0.6) is 11.5 Å². The molecule has 1 N–H and O–H groups in total. The third-order valence-corrected chi connectivity index (χ3v) is 7.18. The van der Waals surface area contributed by atoms with E-state index in [2.05, 4.69) is 22.0 Å². The lowest BCUT2D eigenvalue weighted by Crippen LogP contribution is -2.44. The summed E-state index contributed by atoms with van der Waals surface area (Å²) in [5, 5.41) is 1.61. The molecule has 0 saturated carbocycles. The molecule has 7 heteroatoms. The number of methoxy groups -OCH3 is 2. The van der Waals surface area contributed by atoms with Crippen molar-refractivity contribution in [1.82, 2.24) is 9.88 Å². The summed E-state index contributed by atoms with van der Waals surface area (Å²) in [5.74, 6) is 1.25. The Labute approximate surface area is 202 Å². The highest BCUT2D eigenvalue weighted by Gasteiger charge is 2.51. The topological polar surface area (TPSA) is 57.8 Å². The zero-order valence-corrected chi connectivity index (χ0v) is 19.6. The molecule has 0 bridgehead atoms. The summed E-state index contributed by atoms with van der Waals surface area (Å²) < 4.78 is 11.4. The SMILES string of the molecule is COc1cccc([C@@H]2c3[nH]c4ccccc4c3C[C@@H]3C(=O)N(c4ccccc4)C(=S)N23)c1OC. The molecule has 1 saturated heterocycles. The Bertz CT molecular complexity index is 1430. The molecule has 2 atom stereocenters. The standard InChI is InChI=1S/C27H23N3O3S/c1-32-22-14-8-12-18(25(22)33-2)24-23-19(17-11-6-7-13-20(17)28-23)15-21-26(31)29(27(34)30(21)24)16-9-4-3-5-10-16/h3-14,21,24,28H,15H2,1-2H3/t21-,24-/m1/s1. The number of hydrogen-bond acceptors (Lipinski definition) is 4. The van der Waals surface area contributed by atoms with Crippen LogP contribution >= 0.6 is 12.2 Å². The van der Waals surface area contributed by atoms with Crippen molar-refractivity contribution in [3.05, 3.63) is 89.6 Å². The van der Waals surface area contributed by atoms with Gasteiger partial charge in [0, 0.05) is 28.6 Å². The van der Waals surface area contributed by atoms with Crippen LogP contribution in [0.25, 0.3) is 10.9 Å². The molecule has 3 heterocycles. The second-order valence-electron chi connectivity index (χ2n) is 8.47. The van der Waals surface area contributed by atoms with Crippen LogP contribution in [0.3, 0.4) is 0 Å². The number of nitrogens with zero attached hydrogens (tertiary/aromatic N) is 2. The number of amides is 1. The number of thiocarbonyl (C=S) groups is 1. The van der Waals surface area contributed by atoms with Crippen LogP contribution in [0.4, 0.5) is 5.69 Å². The lowest BCUT2D eigenvalue weighted by Gasteiger charge is -2.38. The van der Waals surface area contributed by atoms with Gasteiger partial charge in [-0.25, -0.2) is 0 Å². The van der Waals surface area contributed by atoms with E-state index in [0.717, 1.165) is 33.4 Å². The highest BCUT2D eigenvalue weighted by Crippen LogP contribution is 2.48. The molecule has 34 heavy (non-hydrogen) atoms. The second-order valence-corrected chi connectivity index (χ2v) is 8.83. The summed E-state index contributed by atoms with van der Waals surface area (Å²) in [4.78, 5) is 21.1. The van der Waals surface area contributed by atoms with Crippen LogP contribution in [0.2, 0.25) is 0 Å². The lowest BCUT2D eigenvalue weighted by molar-refractivity contribution is -0.120. The first-order valence-electron chi connectivity index (χ1n) is 11.2. The van der Waals surface area contributed by atoms with Gasteiger partial charge in [-0.3, -0.25) is 9.69 Å². The number of carbonyl (C=O) groups is 1. The summed E-state index contributed by atoms with van der Waals surface area (Å²) in [7, 11) is 3.26. The third kappa shape index (κ3) is 2.86. The molecule has 6 nitrogen and oxygen atoms in total. The number of aromatic amines is 1. The van der Waals surface area contributed by atoms with E-state index in [0.29, 0.717) is 23.0 Å². The maximum Gasteiger partial charge on any atom is 0.256 e. The fraction of sp³-hybridized carbons (Fsp3) is 0.185. The Morgan fingerprint density at radius 3 is 2.47 bits per heavy atom. The van der Waals surface area contributed by atoms with E-state index < -0.39 is 6.04 Å². The molecule has 0 aliphatic carbocycles. The average Bonchev–Trinajstić information content (AvgIpc) is 3.37. The molecule has 1 amide bonds. The van der Waals surface area contributed by atoms with Gasteiger partial charge >= 0.3 is 0 Å². The Hall–Kier alpha value is -3.84. The number of aromatic nitrogens is 1. The normalized spacial score (nSPS) is 19.4. The average molecular weight is 470 g/mol. The van der Waals surface area contributed by atoms with Crippen molar-refractivity contribution in [3.63, 3.8) is 0 Å². The van der Waals surface area contributed by atoms with Crippen molar-refractivity contribution >= 4 is 39.8 Å². The Morgan fingerprint density at radius 2 is 1.71 bits per heavy atom. The van der Waals surface area contributed by atoms with E-state index in [1.165, 1.54) is 0 Å². The molecule has 4 aromatic rings. The highest BCUT2D eigenvalue weighted by molar-refractivity contribution is 7.80. The van der Waals surface area contributed by atoms with Gasteiger partial charge in [0.2, 0.25) is 0 Å². The first-order chi connectivity index (χ1) is 16.6. The van der Waals surface area contributed by atoms with Crippen LogP contribution in [-0.2, 0) is 11.2 Å². The lowest BCUT2D eigenvalue weighted by atomic mass is 9.88. The Kier molecular flexibility index (Phi) is 4.81. The quantitative estimate of drug-likeness (QED) is 0.434. The minimum absolute atomic E-state index is 0.0148. The molecule has 170 valence electrons. The third-order valence-electron chi connectivity index (χ3n) is 6.79. The van der Waals surface area contributed by atoms with E-state index in [9.17, 15) is 4.79 Å². The fourth-order valence-electron chi connectivity index (χ4n) is 5.34. The molecule has 0 radical (unpaired) electrons. The van der Waals surface area contributed by atoms with E-state index in [1.54, 1.807) is 19.1 Å². The van der Waals surface area contributed by atoms with E-state index in [1.807, 2.05) is 60.7 Å². The van der Waals surface area contributed by atoms with Gasteiger partial charge in [0.25, 0.3) is 5.91 Å². The van der Waals surface area contributed by atoms with Gasteiger partial charge in [-0.1, -0.05) is 48.5 Å². The predicted molar refractivity (Wildman–Crippen MR) is 136 cm³/mol. The Balaban J connectivity index is 1.60. The number of anilines is 1. The zero-order valence-electron chi connectivity index (χ0n) is 18.8. The molecule has 1 aromatic heterocycles. The number of rotatable bonds is 4. The molecular weight excluding hydrogens is 446 g/mol. The van der Waals surface area contributed by atoms with Crippen LogP contribution in [0, 0.1) is 0 Å². The van der Waals surface area contributed by atoms with Crippen LogP contribution in [0.1, 0.15) is 22.9 Å². The fourth-order valence-corrected chi connectivity index (χ4v) is 5.77. The Morgan fingerprint density at radius 1 is 0.941 bits per heavy atom. The summed E-state index contributed by atoms with van der Waals surface area (Å²) in [6.07, 6.45) is 0.574. The van der Waals surface area contributed by atoms with Crippen molar-refractivity contribution in [1.29, 1.82) is 0 Å². The minimum Gasteiger partial charge on any atom is -0.493 e. The first kappa shape index (κ1) is 20.7. The van der Waals surface area contributed by atoms with Crippen molar-refractivity contribution in [3.8, 4) is 11.5 Å². The van der Waals surface area contributed by atoms with Gasteiger partial charge in [0.05, 0.1) is 19.9 Å². The predicted octanol–water partition coefficient (Wildman–Crippen LogP) is 4.83. The minimum atomic E-state index is -0.416. The van der Waals surface area contributed by atoms with Gasteiger partial charge in [0.15, 0.2) is 16.6 Å². The largest absolute Gasteiger partial charge is 0.493 e. The van der Waals surface area contributed by atoms with E-state index >= 15 is 0 Å².